The Labute approximate surface area is 155 Å². The summed E-state index contributed by atoms with van der Waals surface area (Å²) in [5, 5.41) is 2.67. The van der Waals surface area contributed by atoms with Gasteiger partial charge in [0, 0.05) is 32.0 Å². The first kappa shape index (κ1) is 20.2. The first-order valence-electron chi connectivity index (χ1n) is 8.10. The number of benzene rings is 2. The normalized spacial score (nSPS) is 10.3. The van der Waals surface area contributed by atoms with Gasteiger partial charge in [-0.2, -0.15) is 0 Å². The maximum atomic E-state index is 13.9. The van der Waals surface area contributed by atoms with Crippen molar-refractivity contribution in [1.29, 1.82) is 0 Å². The van der Waals surface area contributed by atoms with Crippen LogP contribution < -0.4 is 19.7 Å². The van der Waals surface area contributed by atoms with E-state index in [4.69, 9.17) is 9.47 Å². The van der Waals surface area contributed by atoms with Crippen molar-refractivity contribution in [2.75, 3.05) is 31.0 Å². The van der Waals surface area contributed by atoms with Gasteiger partial charge in [0.2, 0.25) is 11.8 Å². The Morgan fingerprint density at radius 3 is 2.41 bits per heavy atom. The second-order valence-electron chi connectivity index (χ2n) is 5.63. The number of rotatable bonds is 7. The Balaban J connectivity index is 2.10. The molecule has 2 amide bonds. The lowest BCUT2D eigenvalue weighted by atomic mass is 10.2. The summed E-state index contributed by atoms with van der Waals surface area (Å²) < 4.78 is 37.3. The van der Waals surface area contributed by atoms with Crippen molar-refractivity contribution >= 4 is 23.2 Å². The second-order valence-corrected chi connectivity index (χ2v) is 5.63. The predicted octanol–water partition coefficient (Wildman–Crippen LogP) is 3.36. The number of nitrogens with zero attached hydrogens (tertiary/aromatic N) is 1. The fraction of sp³-hybridized carbons (Fsp3) is 0.263. The molecule has 144 valence electrons. The molecule has 0 bridgehead atoms. The van der Waals surface area contributed by atoms with Crippen molar-refractivity contribution in [3.8, 4) is 11.5 Å². The van der Waals surface area contributed by atoms with Gasteiger partial charge in [0.05, 0.1) is 25.6 Å². The van der Waals surface area contributed by atoms with Crippen molar-refractivity contribution < 1.29 is 27.8 Å². The lowest BCUT2D eigenvalue weighted by Crippen LogP contribution is -2.32. The fourth-order valence-electron chi connectivity index (χ4n) is 2.49. The summed E-state index contributed by atoms with van der Waals surface area (Å²) in [6.45, 7) is 1.17. The molecule has 0 aliphatic rings. The molecule has 0 fully saturated rings. The van der Waals surface area contributed by atoms with Crippen LogP contribution in [-0.2, 0) is 9.59 Å². The molecule has 0 spiro atoms. The molecule has 0 aliphatic heterocycles. The van der Waals surface area contributed by atoms with Gasteiger partial charge in [-0.05, 0) is 24.3 Å². The van der Waals surface area contributed by atoms with Crippen LogP contribution in [-0.4, -0.2) is 32.6 Å². The van der Waals surface area contributed by atoms with Gasteiger partial charge in [-0.15, -0.1) is 0 Å². The summed E-state index contributed by atoms with van der Waals surface area (Å²) in [4.78, 5) is 25.2. The van der Waals surface area contributed by atoms with Crippen molar-refractivity contribution in [3.05, 3.63) is 48.0 Å². The van der Waals surface area contributed by atoms with Gasteiger partial charge in [-0.25, -0.2) is 8.78 Å². The van der Waals surface area contributed by atoms with Gasteiger partial charge in [0.15, 0.2) is 0 Å². The van der Waals surface area contributed by atoms with Gasteiger partial charge in [-0.1, -0.05) is 0 Å². The van der Waals surface area contributed by atoms with Crippen LogP contribution in [0.15, 0.2) is 36.4 Å². The number of amides is 2. The molecule has 27 heavy (non-hydrogen) atoms. The van der Waals surface area contributed by atoms with Crippen LogP contribution >= 0.6 is 0 Å². The van der Waals surface area contributed by atoms with E-state index in [9.17, 15) is 18.4 Å². The van der Waals surface area contributed by atoms with E-state index in [0.717, 1.165) is 17.0 Å². The fourth-order valence-corrected chi connectivity index (χ4v) is 2.49. The number of anilines is 2. The number of halogens is 2. The number of hydrogen-bond acceptors (Lipinski definition) is 4. The Bertz CT molecular complexity index is 842. The zero-order valence-electron chi connectivity index (χ0n) is 15.2. The molecule has 0 heterocycles. The van der Waals surface area contributed by atoms with E-state index >= 15 is 0 Å². The van der Waals surface area contributed by atoms with Crippen molar-refractivity contribution in [1.82, 2.24) is 0 Å². The van der Waals surface area contributed by atoms with Crippen LogP contribution in [0.25, 0.3) is 0 Å². The zero-order valence-corrected chi connectivity index (χ0v) is 15.2. The minimum absolute atomic E-state index is 0.0734. The molecule has 2 aromatic carbocycles. The summed E-state index contributed by atoms with van der Waals surface area (Å²) in [7, 11) is 2.96. The van der Waals surface area contributed by atoms with Crippen LogP contribution in [0.3, 0.4) is 0 Å². The minimum Gasteiger partial charge on any atom is -0.497 e. The third-order valence-corrected chi connectivity index (χ3v) is 3.82. The highest BCUT2D eigenvalue weighted by Crippen LogP contribution is 2.29. The third-order valence-electron chi connectivity index (χ3n) is 3.82. The predicted molar refractivity (Wildman–Crippen MR) is 97.2 cm³/mol. The van der Waals surface area contributed by atoms with Crippen LogP contribution in [0.4, 0.5) is 20.2 Å². The van der Waals surface area contributed by atoms with Crippen LogP contribution in [0.2, 0.25) is 0 Å². The minimum atomic E-state index is -0.875. The van der Waals surface area contributed by atoms with E-state index in [-0.39, 0.29) is 18.7 Å². The Kier molecular flexibility index (Phi) is 6.70. The molecular formula is C19H20F2N2O4. The number of carbonyl (C=O) groups is 2. The quantitative estimate of drug-likeness (QED) is 0.802. The summed E-state index contributed by atoms with van der Waals surface area (Å²) in [6, 6.07) is 7.82. The van der Waals surface area contributed by atoms with Gasteiger partial charge in [0.25, 0.3) is 0 Å². The molecule has 0 aromatic heterocycles. The summed E-state index contributed by atoms with van der Waals surface area (Å²) in [5.41, 5.74) is 0.319. The van der Waals surface area contributed by atoms with Crippen LogP contribution in [0, 0.1) is 11.6 Å². The van der Waals surface area contributed by atoms with E-state index in [1.807, 2.05) is 0 Å². The number of ether oxygens (including phenoxy) is 2. The van der Waals surface area contributed by atoms with E-state index in [0.29, 0.717) is 23.3 Å². The number of methoxy groups -OCH3 is 2. The molecule has 0 radical (unpaired) electrons. The molecule has 0 saturated carbocycles. The van der Waals surface area contributed by atoms with E-state index in [1.165, 1.54) is 21.1 Å². The Hall–Kier alpha value is -3.16. The Morgan fingerprint density at radius 2 is 1.81 bits per heavy atom. The van der Waals surface area contributed by atoms with Gasteiger partial charge in [0.1, 0.15) is 23.1 Å². The number of carbonyl (C=O) groups excluding carboxylic acids is 2. The zero-order chi connectivity index (χ0) is 20.0. The van der Waals surface area contributed by atoms with Gasteiger partial charge in [-0.3, -0.25) is 9.59 Å². The van der Waals surface area contributed by atoms with Crippen LogP contribution in [0.5, 0.6) is 11.5 Å². The highest BCUT2D eigenvalue weighted by atomic mass is 19.1. The summed E-state index contributed by atoms with van der Waals surface area (Å²) in [6.07, 6.45) is -0.100. The molecule has 2 rings (SSSR count). The number of nitrogens with one attached hydrogen (secondary N) is 1. The van der Waals surface area contributed by atoms with E-state index in [1.54, 1.807) is 18.2 Å². The van der Waals surface area contributed by atoms with Gasteiger partial charge >= 0.3 is 0 Å². The lowest BCUT2D eigenvalue weighted by molar-refractivity contribution is -0.117. The highest BCUT2D eigenvalue weighted by molar-refractivity contribution is 5.95. The largest absolute Gasteiger partial charge is 0.497 e. The second kappa shape index (κ2) is 8.98. The molecule has 0 saturated heterocycles. The molecule has 8 heteroatoms. The maximum absolute atomic E-state index is 13.9. The molecule has 2 aromatic rings. The van der Waals surface area contributed by atoms with Crippen molar-refractivity contribution in [2.24, 2.45) is 0 Å². The molecule has 0 aliphatic carbocycles. The summed E-state index contributed by atoms with van der Waals surface area (Å²) in [5.74, 6) is -1.52. The highest BCUT2D eigenvalue weighted by Gasteiger charge is 2.18. The smallest absolute Gasteiger partial charge is 0.226 e. The monoisotopic (exact) mass is 378 g/mol. The summed E-state index contributed by atoms with van der Waals surface area (Å²) >= 11 is 0. The molecule has 0 atom stereocenters. The first-order chi connectivity index (χ1) is 12.8. The van der Waals surface area contributed by atoms with E-state index < -0.39 is 23.4 Å². The van der Waals surface area contributed by atoms with Crippen molar-refractivity contribution in [3.63, 3.8) is 0 Å². The van der Waals surface area contributed by atoms with Crippen LogP contribution in [0.1, 0.15) is 13.3 Å². The molecule has 0 unspecified atom stereocenters. The van der Waals surface area contributed by atoms with Gasteiger partial charge < -0.3 is 19.7 Å². The Morgan fingerprint density at radius 1 is 1.07 bits per heavy atom. The van der Waals surface area contributed by atoms with Crippen molar-refractivity contribution in [2.45, 2.75) is 13.3 Å². The lowest BCUT2D eigenvalue weighted by Gasteiger charge is -2.21. The topological polar surface area (TPSA) is 67.9 Å². The first-order valence-corrected chi connectivity index (χ1v) is 8.10. The third kappa shape index (κ3) is 5.16. The SMILES string of the molecule is COc1ccc(OC)c(NC(=O)CCN(C(C)=O)c2ccc(F)cc2F)c1. The standard InChI is InChI=1S/C19H20F2N2O4/c1-12(24)23(17-6-4-13(20)10-15(17)21)9-8-19(25)22-16-11-14(26-2)5-7-18(16)27-3/h4-7,10-11H,8-9H2,1-3H3,(H,22,25). The molecule has 1 N–H and O–H groups in total. The average molecular weight is 378 g/mol. The molecule has 6 nitrogen and oxygen atoms in total. The molecular weight excluding hydrogens is 358 g/mol. The number of hydrogen-bond donors (Lipinski definition) is 1. The van der Waals surface area contributed by atoms with E-state index in [2.05, 4.69) is 5.32 Å². The average Bonchev–Trinajstić information content (AvgIpc) is 2.63. The maximum Gasteiger partial charge on any atom is 0.226 e.